The number of nitrogens with zero attached hydrogens (tertiary/aromatic N) is 1. The molecule has 1 N–H and O–H groups in total. The average Bonchev–Trinajstić information content (AvgIpc) is 2.41. The molecule has 0 atom stereocenters. The van der Waals surface area contributed by atoms with Crippen LogP contribution in [0.15, 0.2) is 18.2 Å². The van der Waals surface area contributed by atoms with Gasteiger partial charge in [-0.15, -0.1) is 0 Å². The second-order valence-corrected chi connectivity index (χ2v) is 6.84. The summed E-state index contributed by atoms with van der Waals surface area (Å²) in [4.78, 5) is 2.50. The molecule has 0 unspecified atom stereocenters. The van der Waals surface area contributed by atoms with Gasteiger partial charge in [0.25, 0.3) is 0 Å². The Kier molecular flexibility index (Phi) is 5.74. The predicted octanol–water partition coefficient (Wildman–Crippen LogP) is 4.32. The highest BCUT2D eigenvalue weighted by atomic mass is 35.5. The number of halogens is 1. The van der Waals surface area contributed by atoms with Crippen LogP contribution in [0.25, 0.3) is 0 Å². The molecule has 2 nitrogen and oxygen atoms in total. The predicted molar refractivity (Wildman–Crippen MR) is 88.6 cm³/mol. The molecule has 0 radical (unpaired) electrons. The molecule has 0 aliphatic carbocycles. The van der Waals surface area contributed by atoms with E-state index in [1.807, 2.05) is 6.07 Å². The maximum atomic E-state index is 6.43. The Morgan fingerprint density at radius 2 is 2.00 bits per heavy atom. The summed E-state index contributed by atoms with van der Waals surface area (Å²) in [6.45, 7) is 11.0. The molecular weight excluding hydrogens is 268 g/mol. The van der Waals surface area contributed by atoms with E-state index >= 15 is 0 Å². The summed E-state index contributed by atoms with van der Waals surface area (Å²) in [5, 5.41) is 4.41. The van der Waals surface area contributed by atoms with Crippen LogP contribution >= 0.6 is 11.6 Å². The van der Waals surface area contributed by atoms with E-state index in [0.29, 0.717) is 5.92 Å². The summed E-state index contributed by atoms with van der Waals surface area (Å²) in [5.74, 6) is 1.52. The van der Waals surface area contributed by atoms with Crippen LogP contribution in [0.5, 0.6) is 0 Å². The lowest BCUT2D eigenvalue weighted by Gasteiger charge is -2.34. The SMILES string of the molecule is CC(C)CNCc1c(Cl)cccc1N1CCC(C)CC1. The van der Waals surface area contributed by atoms with E-state index in [2.05, 4.69) is 43.1 Å². The highest BCUT2D eigenvalue weighted by Gasteiger charge is 2.19. The molecule has 1 heterocycles. The highest BCUT2D eigenvalue weighted by Crippen LogP contribution is 2.30. The molecule has 2 rings (SSSR count). The Hall–Kier alpha value is -0.730. The quantitative estimate of drug-likeness (QED) is 0.870. The van der Waals surface area contributed by atoms with Crippen LogP contribution in [0.3, 0.4) is 0 Å². The highest BCUT2D eigenvalue weighted by molar-refractivity contribution is 6.31. The lowest BCUT2D eigenvalue weighted by molar-refractivity contribution is 0.437. The van der Waals surface area contributed by atoms with Crippen LogP contribution in [0.4, 0.5) is 5.69 Å². The fourth-order valence-electron chi connectivity index (χ4n) is 2.75. The molecule has 0 amide bonds. The zero-order valence-electron chi connectivity index (χ0n) is 13.0. The van der Waals surface area contributed by atoms with Gasteiger partial charge in [-0.1, -0.05) is 38.4 Å². The maximum Gasteiger partial charge on any atom is 0.0471 e. The van der Waals surface area contributed by atoms with E-state index in [-0.39, 0.29) is 0 Å². The topological polar surface area (TPSA) is 15.3 Å². The number of nitrogens with one attached hydrogen (secondary N) is 1. The van der Waals surface area contributed by atoms with Crippen molar-refractivity contribution >= 4 is 17.3 Å². The van der Waals surface area contributed by atoms with Crippen molar-refractivity contribution in [1.82, 2.24) is 5.32 Å². The Morgan fingerprint density at radius 3 is 2.65 bits per heavy atom. The van der Waals surface area contributed by atoms with Crippen molar-refractivity contribution in [2.45, 2.75) is 40.2 Å². The van der Waals surface area contributed by atoms with Crippen LogP contribution in [0, 0.1) is 11.8 Å². The Balaban J connectivity index is 2.09. The Labute approximate surface area is 128 Å². The number of anilines is 1. The van der Waals surface area contributed by atoms with Crippen LogP contribution in [0.1, 0.15) is 39.2 Å². The summed E-state index contributed by atoms with van der Waals surface area (Å²) in [7, 11) is 0. The van der Waals surface area contributed by atoms with Gasteiger partial charge in [0.15, 0.2) is 0 Å². The van der Waals surface area contributed by atoms with Crippen molar-refractivity contribution in [2.75, 3.05) is 24.5 Å². The third-order valence-electron chi connectivity index (χ3n) is 4.07. The van der Waals surface area contributed by atoms with E-state index in [4.69, 9.17) is 11.6 Å². The first-order valence-electron chi connectivity index (χ1n) is 7.81. The first kappa shape index (κ1) is 15.7. The standard InChI is InChI=1S/C17H27ClN2/c1-13(2)11-19-12-15-16(18)5-4-6-17(15)20-9-7-14(3)8-10-20/h4-6,13-14,19H,7-12H2,1-3H3. The molecule has 1 aliphatic heterocycles. The van der Waals surface area contributed by atoms with Gasteiger partial charge < -0.3 is 10.2 Å². The van der Waals surface area contributed by atoms with Gasteiger partial charge in [-0.25, -0.2) is 0 Å². The van der Waals surface area contributed by atoms with Crippen LogP contribution in [-0.4, -0.2) is 19.6 Å². The summed E-state index contributed by atoms with van der Waals surface area (Å²) < 4.78 is 0. The third kappa shape index (κ3) is 4.13. The van der Waals surface area contributed by atoms with Gasteiger partial charge in [-0.3, -0.25) is 0 Å². The largest absolute Gasteiger partial charge is 0.371 e. The minimum Gasteiger partial charge on any atom is -0.371 e. The number of rotatable bonds is 5. The molecule has 1 aromatic rings. The van der Waals surface area contributed by atoms with Gasteiger partial charge in [-0.2, -0.15) is 0 Å². The number of benzene rings is 1. The molecule has 0 saturated carbocycles. The second kappa shape index (κ2) is 7.33. The van der Waals surface area contributed by atoms with Crippen LogP contribution in [0.2, 0.25) is 5.02 Å². The van der Waals surface area contributed by atoms with Gasteiger partial charge in [0.05, 0.1) is 0 Å². The smallest absolute Gasteiger partial charge is 0.0471 e. The van der Waals surface area contributed by atoms with Crippen molar-refractivity contribution in [3.05, 3.63) is 28.8 Å². The number of hydrogen-bond donors (Lipinski definition) is 1. The van der Waals surface area contributed by atoms with Gasteiger partial charge in [0.1, 0.15) is 0 Å². The van der Waals surface area contributed by atoms with Gasteiger partial charge in [0, 0.05) is 35.9 Å². The maximum absolute atomic E-state index is 6.43. The molecule has 0 aromatic heterocycles. The summed E-state index contributed by atoms with van der Waals surface area (Å²) in [5.41, 5.74) is 2.57. The van der Waals surface area contributed by atoms with E-state index in [0.717, 1.165) is 37.1 Å². The molecule has 1 fully saturated rings. The second-order valence-electron chi connectivity index (χ2n) is 6.43. The Morgan fingerprint density at radius 1 is 1.30 bits per heavy atom. The van der Waals surface area contributed by atoms with Crippen LogP contribution < -0.4 is 10.2 Å². The minimum absolute atomic E-state index is 0.664. The molecule has 1 aromatic carbocycles. The molecule has 112 valence electrons. The monoisotopic (exact) mass is 294 g/mol. The lowest BCUT2D eigenvalue weighted by atomic mass is 9.98. The molecular formula is C17H27ClN2. The van der Waals surface area contributed by atoms with E-state index in [1.54, 1.807) is 0 Å². The molecule has 3 heteroatoms. The summed E-state index contributed by atoms with van der Waals surface area (Å²) in [6, 6.07) is 6.29. The van der Waals surface area contributed by atoms with Crippen molar-refractivity contribution < 1.29 is 0 Å². The molecule has 1 saturated heterocycles. The van der Waals surface area contributed by atoms with Crippen molar-refractivity contribution in [3.63, 3.8) is 0 Å². The first-order valence-corrected chi connectivity index (χ1v) is 8.18. The van der Waals surface area contributed by atoms with Crippen molar-refractivity contribution in [1.29, 1.82) is 0 Å². The molecule has 0 spiro atoms. The number of piperidine rings is 1. The minimum atomic E-state index is 0.664. The van der Waals surface area contributed by atoms with Crippen LogP contribution in [-0.2, 0) is 6.54 Å². The zero-order valence-corrected chi connectivity index (χ0v) is 13.7. The van der Waals surface area contributed by atoms with Crippen molar-refractivity contribution in [3.8, 4) is 0 Å². The molecule has 0 bridgehead atoms. The fourth-order valence-corrected chi connectivity index (χ4v) is 2.99. The third-order valence-corrected chi connectivity index (χ3v) is 4.43. The van der Waals surface area contributed by atoms with E-state index in [9.17, 15) is 0 Å². The van der Waals surface area contributed by atoms with Gasteiger partial charge in [-0.05, 0) is 43.4 Å². The summed E-state index contributed by atoms with van der Waals surface area (Å²) >= 11 is 6.43. The lowest BCUT2D eigenvalue weighted by Crippen LogP contribution is -2.34. The van der Waals surface area contributed by atoms with E-state index < -0.39 is 0 Å². The van der Waals surface area contributed by atoms with Gasteiger partial charge in [0.2, 0.25) is 0 Å². The fraction of sp³-hybridized carbons (Fsp3) is 0.647. The first-order chi connectivity index (χ1) is 9.58. The van der Waals surface area contributed by atoms with Crippen molar-refractivity contribution in [2.24, 2.45) is 11.8 Å². The van der Waals surface area contributed by atoms with Gasteiger partial charge >= 0.3 is 0 Å². The summed E-state index contributed by atoms with van der Waals surface area (Å²) in [6.07, 6.45) is 2.57. The Bertz CT molecular complexity index is 423. The molecule has 20 heavy (non-hydrogen) atoms. The normalized spacial score (nSPS) is 16.9. The average molecular weight is 295 g/mol. The van der Waals surface area contributed by atoms with E-state index in [1.165, 1.54) is 24.1 Å². The molecule has 1 aliphatic rings. The number of hydrogen-bond acceptors (Lipinski definition) is 2. The zero-order chi connectivity index (χ0) is 14.5.